The first kappa shape index (κ1) is 12.6. The Kier molecular flexibility index (Phi) is 4.68. The van der Waals surface area contributed by atoms with Crippen molar-refractivity contribution < 1.29 is 0 Å². The average molecular weight is 223 g/mol. The fraction of sp³-hybridized carbons (Fsp3) is 0.538. The Balaban J connectivity index is 2.64. The molecule has 0 bridgehead atoms. The zero-order valence-corrected chi connectivity index (χ0v) is 10.8. The van der Waals surface area contributed by atoms with Crippen LogP contribution >= 0.6 is 11.8 Å². The lowest BCUT2D eigenvalue weighted by Crippen LogP contribution is -2.26. The minimum atomic E-state index is 0.236. The average Bonchev–Trinajstić information content (AvgIpc) is 2.18. The summed E-state index contributed by atoms with van der Waals surface area (Å²) in [4.78, 5) is 1.31. The molecule has 0 amide bonds. The standard InChI is InChI=1S/C13H21NS/c1-9(2)12-5-7-13(8-6-12)15-11(4)10(3)14/h5-11H,14H2,1-4H3. The van der Waals surface area contributed by atoms with Crippen LogP contribution in [0.5, 0.6) is 0 Å². The third kappa shape index (κ3) is 3.88. The van der Waals surface area contributed by atoms with Crippen LogP contribution in [0.15, 0.2) is 29.2 Å². The predicted molar refractivity (Wildman–Crippen MR) is 69.5 cm³/mol. The van der Waals surface area contributed by atoms with Gasteiger partial charge in [0.2, 0.25) is 0 Å². The number of hydrogen-bond donors (Lipinski definition) is 1. The summed E-state index contributed by atoms with van der Waals surface area (Å²) in [5.74, 6) is 0.606. The maximum absolute atomic E-state index is 5.84. The molecule has 2 heteroatoms. The van der Waals surface area contributed by atoms with E-state index in [4.69, 9.17) is 5.73 Å². The Hall–Kier alpha value is -0.470. The Morgan fingerprint density at radius 3 is 1.93 bits per heavy atom. The molecule has 2 atom stereocenters. The molecule has 0 saturated heterocycles. The first-order valence-electron chi connectivity index (χ1n) is 5.53. The summed E-state index contributed by atoms with van der Waals surface area (Å²) in [6.07, 6.45) is 0. The summed E-state index contributed by atoms with van der Waals surface area (Å²) >= 11 is 1.85. The van der Waals surface area contributed by atoms with Crippen LogP contribution in [0.25, 0.3) is 0 Å². The zero-order valence-electron chi connectivity index (χ0n) is 10.0. The van der Waals surface area contributed by atoms with Gasteiger partial charge in [0.15, 0.2) is 0 Å². The molecule has 2 N–H and O–H groups in total. The van der Waals surface area contributed by atoms with Crippen LogP contribution in [0.3, 0.4) is 0 Å². The highest BCUT2D eigenvalue weighted by atomic mass is 32.2. The van der Waals surface area contributed by atoms with Gasteiger partial charge < -0.3 is 5.73 Å². The van der Waals surface area contributed by atoms with Gasteiger partial charge in [0.1, 0.15) is 0 Å². The second-order valence-corrected chi connectivity index (χ2v) is 5.86. The SMILES string of the molecule is CC(C)c1ccc(SC(C)C(C)N)cc1. The van der Waals surface area contributed by atoms with Crippen LogP contribution < -0.4 is 5.73 Å². The van der Waals surface area contributed by atoms with Crippen LogP contribution in [-0.2, 0) is 0 Å². The van der Waals surface area contributed by atoms with E-state index in [0.29, 0.717) is 11.2 Å². The highest BCUT2D eigenvalue weighted by molar-refractivity contribution is 8.00. The molecule has 0 heterocycles. The van der Waals surface area contributed by atoms with Gasteiger partial charge in [-0.3, -0.25) is 0 Å². The number of nitrogens with two attached hydrogens (primary N) is 1. The Labute approximate surface area is 97.4 Å². The molecule has 0 aliphatic rings. The number of benzene rings is 1. The lowest BCUT2D eigenvalue weighted by molar-refractivity contribution is 0.731. The molecule has 15 heavy (non-hydrogen) atoms. The van der Waals surface area contributed by atoms with Gasteiger partial charge >= 0.3 is 0 Å². The van der Waals surface area contributed by atoms with Crippen molar-refractivity contribution in [1.82, 2.24) is 0 Å². The Morgan fingerprint density at radius 2 is 1.53 bits per heavy atom. The van der Waals surface area contributed by atoms with Gasteiger partial charge in [-0.05, 0) is 30.5 Å². The van der Waals surface area contributed by atoms with E-state index in [0.717, 1.165) is 0 Å². The molecular weight excluding hydrogens is 202 g/mol. The first-order chi connectivity index (χ1) is 7.00. The minimum absolute atomic E-state index is 0.236. The number of rotatable bonds is 4. The fourth-order valence-corrected chi connectivity index (χ4v) is 2.19. The van der Waals surface area contributed by atoms with Crippen molar-refractivity contribution in [3.63, 3.8) is 0 Å². The minimum Gasteiger partial charge on any atom is -0.327 e. The van der Waals surface area contributed by atoms with Gasteiger partial charge in [-0.1, -0.05) is 32.9 Å². The van der Waals surface area contributed by atoms with Crippen molar-refractivity contribution >= 4 is 11.8 Å². The predicted octanol–water partition coefficient (Wildman–Crippen LogP) is 3.64. The van der Waals surface area contributed by atoms with Gasteiger partial charge in [-0.2, -0.15) is 0 Å². The highest BCUT2D eigenvalue weighted by Crippen LogP contribution is 2.26. The van der Waals surface area contributed by atoms with Crippen LogP contribution in [-0.4, -0.2) is 11.3 Å². The van der Waals surface area contributed by atoms with Gasteiger partial charge in [-0.25, -0.2) is 0 Å². The fourth-order valence-electron chi connectivity index (χ4n) is 1.25. The Morgan fingerprint density at radius 1 is 1.00 bits per heavy atom. The van der Waals surface area contributed by atoms with E-state index in [1.54, 1.807) is 0 Å². The topological polar surface area (TPSA) is 26.0 Å². The molecule has 84 valence electrons. The third-order valence-electron chi connectivity index (χ3n) is 2.61. The van der Waals surface area contributed by atoms with Crippen LogP contribution in [0.2, 0.25) is 0 Å². The maximum Gasteiger partial charge on any atom is 0.0215 e. The second kappa shape index (κ2) is 5.57. The quantitative estimate of drug-likeness (QED) is 0.789. The van der Waals surface area contributed by atoms with E-state index in [2.05, 4.69) is 52.0 Å². The summed E-state index contributed by atoms with van der Waals surface area (Å²) in [6.45, 7) is 8.66. The summed E-state index contributed by atoms with van der Waals surface area (Å²) in [6, 6.07) is 9.04. The molecule has 1 rings (SSSR count). The molecule has 0 radical (unpaired) electrons. The van der Waals surface area contributed by atoms with Crippen molar-refractivity contribution in [2.75, 3.05) is 0 Å². The molecule has 0 fully saturated rings. The first-order valence-corrected chi connectivity index (χ1v) is 6.41. The lowest BCUT2D eigenvalue weighted by Gasteiger charge is -2.15. The summed E-state index contributed by atoms with van der Waals surface area (Å²) in [5, 5.41) is 0.467. The van der Waals surface area contributed by atoms with Crippen molar-refractivity contribution in [3.05, 3.63) is 29.8 Å². The van der Waals surface area contributed by atoms with Crippen LogP contribution in [0, 0.1) is 0 Å². The van der Waals surface area contributed by atoms with Gasteiger partial charge in [0.05, 0.1) is 0 Å². The van der Waals surface area contributed by atoms with Gasteiger partial charge in [0.25, 0.3) is 0 Å². The lowest BCUT2D eigenvalue weighted by atomic mass is 10.0. The molecule has 0 aliphatic heterocycles. The third-order valence-corrected chi connectivity index (χ3v) is 3.95. The highest BCUT2D eigenvalue weighted by Gasteiger charge is 2.09. The van der Waals surface area contributed by atoms with E-state index < -0.39 is 0 Å². The van der Waals surface area contributed by atoms with E-state index in [1.807, 2.05) is 11.8 Å². The Bertz CT molecular complexity index is 290. The maximum atomic E-state index is 5.84. The second-order valence-electron chi connectivity index (χ2n) is 4.41. The van der Waals surface area contributed by atoms with Gasteiger partial charge in [-0.15, -0.1) is 11.8 Å². The summed E-state index contributed by atoms with van der Waals surface area (Å²) in [7, 11) is 0. The summed E-state index contributed by atoms with van der Waals surface area (Å²) in [5.41, 5.74) is 7.24. The van der Waals surface area contributed by atoms with Gasteiger partial charge in [0, 0.05) is 16.2 Å². The zero-order chi connectivity index (χ0) is 11.4. The van der Waals surface area contributed by atoms with E-state index in [1.165, 1.54) is 10.5 Å². The molecule has 2 unspecified atom stereocenters. The molecule has 1 aromatic carbocycles. The molecule has 0 aromatic heterocycles. The molecule has 0 spiro atoms. The molecular formula is C13H21NS. The smallest absolute Gasteiger partial charge is 0.0215 e. The number of thioether (sulfide) groups is 1. The summed E-state index contributed by atoms with van der Waals surface area (Å²) < 4.78 is 0. The van der Waals surface area contributed by atoms with E-state index in [9.17, 15) is 0 Å². The van der Waals surface area contributed by atoms with E-state index in [-0.39, 0.29) is 6.04 Å². The monoisotopic (exact) mass is 223 g/mol. The largest absolute Gasteiger partial charge is 0.327 e. The number of hydrogen-bond acceptors (Lipinski definition) is 2. The van der Waals surface area contributed by atoms with Crippen molar-refractivity contribution in [1.29, 1.82) is 0 Å². The molecule has 1 aromatic rings. The van der Waals surface area contributed by atoms with Crippen molar-refractivity contribution in [2.45, 2.75) is 49.8 Å². The van der Waals surface area contributed by atoms with Crippen molar-refractivity contribution in [3.8, 4) is 0 Å². The molecule has 0 saturated carbocycles. The molecule has 0 aliphatic carbocycles. The van der Waals surface area contributed by atoms with Crippen molar-refractivity contribution in [2.24, 2.45) is 5.73 Å². The van der Waals surface area contributed by atoms with Crippen LogP contribution in [0.1, 0.15) is 39.2 Å². The normalized spacial score (nSPS) is 15.3. The van der Waals surface area contributed by atoms with Crippen LogP contribution in [0.4, 0.5) is 0 Å². The molecule has 1 nitrogen and oxygen atoms in total. The van der Waals surface area contributed by atoms with E-state index >= 15 is 0 Å².